The second kappa shape index (κ2) is 5.63. The molecule has 2 aromatic heterocycles. The molecule has 0 spiro atoms. The van der Waals surface area contributed by atoms with Crippen molar-refractivity contribution < 1.29 is 9.47 Å². The zero-order valence-electron chi connectivity index (χ0n) is 11.3. The van der Waals surface area contributed by atoms with Crippen LogP contribution in [0.3, 0.4) is 0 Å². The highest BCUT2D eigenvalue weighted by Crippen LogP contribution is 2.23. The molecule has 0 amide bonds. The summed E-state index contributed by atoms with van der Waals surface area (Å²) in [7, 11) is 1.62. The molecule has 108 valence electrons. The largest absolute Gasteiger partial charge is 0.497 e. The number of anilines is 1. The summed E-state index contributed by atoms with van der Waals surface area (Å²) in [6.07, 6.45) is 1.61. The number of hydrogen-bond acceptors (Lipinski definition) is 7. The van der Waals surface area contributed by atoms with Gasteiger partial charge in [0, 0.05) is 0 Å². The van der Waals surface area contributed by atoms with Crippen molar-refractivity contribution in [3.63, 3.8) is 0 Å². The number of nitrogen functional groups attached to an aromatic ring is 1. The third-order valence-electron chi connectivity index (χ3n) is 2.91. The van der Waals surface area contributed by atoms with Crippen molar-refractivity contribution in [1.82, 2.24) is 20.2 Å². The number of nitrogens with one attached hydrogen (secondary N) is 2. The highest BCUT2D eigenvalue weighted by molar-refractivity contribution is 5.80. The second-order valence-electron chi connectivity index (χ2n) is 4.27. The maximum absolute atomic E-state index is 5.74. The fourth-order valence-electron chi connectivity index (χ4n) is 1.90. The molecule has 21 heavy (non-hydrogen) atoms. The molecule has 4 N–H and O–H groups in total. The van der Waals surface area contributed by atoms with Crippen molar-refractivity contribution in [3.05, 3.63) is 36.0 Å². The van der Waals surface area contributed by atoms with Crippen LogP contribution in [0.25, 0.3) is 11.0 Å². The minimum absolute atomic E-state index is 0.257. The van der Waals surface area contributed by atoms with E-state index in [1.165, 1.54) is 0 Å². The maximum atomic E-state index is 5.74. The van der Waals surface area contributed by atoms with E-state index in [2.05, 4.69) is 25.6 Å². The van der Waals surface area contributed by atoms with Crippen LogP contribution in [0.15, 0.2) is 30.5 Å². The lowest BCUT2D eigenvalue weighted by atomic mass is 10.2. The molecule has 0 saturated heterocycles. The SMILES string of the molecule is COc1cccc(COc2nc(NN)nc3[nH]ncc23)c1. The van der Waals surface area contributed by atoms with Crippen LogP contribution < -0.4 is 20.7 Å². The van der Waals surface area contributed by atoms with Gasteiger partial charge < -0.3 is 9.47 Å². The van der Waals surface area contributed by atoms with Gasteiger partial charge in [-0.05, 0) is 17.7 Å². The fraction of sp³-hybridized carbons (Fsp3) is 0.154. The van der Waals surface area contributed by atoms with E-state index < -0.39 is 0 Å². The zero-order valence-corrected chi connectivity index (χ0v) is 11.3. The third kappa shape index (κ3) is 2.70. The van der Waals surface area contributed by atoms with Crippen LogP contribution >= 0.6 is 0 Å². The summed E-state index contributed by atoms with van der Waals surface area (Å²) in [4.78, 5) is 8.32. The predicted molar refractivity (Wildman–Crippen MR) is 76.8 cm³/mol. The molecular formula is C13H14N6O2. The fourth-order valence-corrected chi connectivity index (χ4v) is 1.90. The van der Waals surface area contributed by atoms with Crippen LogP contribution in [0.5, 0.6) is 11.6 Å². The molecule has 3 aromatic rings. The first-order chi connectivity index (χ1) is 10.3. The van der Waals surface area contributed by atoms with Gasteiger partial charge in [-0.1, -0.05) is 12.1 Å². The van der Waals surface area contributed by atoms with Gasteiger partial charge in [0.05, 0.1) is 13.3 Å². The third-order valence-corrected chi connectivity index (χ3v) is 2.91. The van der Waals surface area contributed by atoms with Gasteiger partial charge in [0.25, 0.3) is 0 Å². The summed E-state index contributed by atoms with van der Waals surface area (Å²) in [5.41, 5.74) is 3.91. The quantitative estimate of drug-likeness (QED) is 0.477. The summed E-state index contributed by atoms with van der Waals surface area (Å²) in [6.45, 7) is 0.346. The topological polar surface area (TPSA) is 111 Å². The molecule has 8 heteroatoms. The first-order valence-corrected chi connectivity index (χ1v) is 6.23. The Morgan fingerprint density at radius 3 is 3.05 bits per heavy atom. The number of H-pyrrole nitrogens is 1. The highest BCUT2D eigenvalue weighted by Gasteiger charge is 2.10. The lowest BCUT2D eigenvalue weighted by Gasteiger charge is -2.08. The van der Waals surface area contributed by atoms with E-state index in [1.807, 2.05) is 24.3 Å². The minimum Gasteiger partial charge on any atom is -0.497 e. The number of hydrazine groups is 1. The monoisotopic (exact) mass is 286 g/mol. The van der Waals surface area contributed by atoms with Crippen molar-refractivity contribution in [2.24, 2.45) is 5.84 Å². The summed E-state index contributed by atoms with van der Waals surface area (Å²) in [5.74, 6) is 6.78. The average Bonchev–Trinajstić information content (AvgIpc) is 3.01. The van der Waals surface area contributed by atoms with Crippen LogP contribution in [0.1, 0.15) is 5.56 Å². The molecule has 0 atom stereocenters. The molecular weight excluding hydrogens is 272 g/mol. The van der Waals surface area contributed by atoms with E-state index >= 15 is 0 Å². The van der Waals surface area contributed by atoms with E-state index in [1.54, 1.807) is 13.3 Å². The number of aromatic nitrogens is 4. The van der Waals surface area contributed by atoms with Crippen LogP contribution in [-0.2, 0) is 6.61 Å². The van der Waals surface area contributed by atoms with Crippen LogP contribution in [0, 0.1) is 0 Å². The molecule has 0 aliphatic rings. The number of hydrogen-bond donors (Lipinski definition) is 3. The van der Waals surface area contributed by atoms with Crippen molar-refractivity contribution >= 4 is 17.0 Å². The van der Waals surface area contributed by atoms with Crippen molar-refractivity contribution in [1.29, 1.82) is 0 Å². The average molecular weight is 286 g/mol. The second-order valence-corrected chi connectivity index (χ2v) is 4.27. The van der Waals surface area contributed by atoms with E-state index in [-0.39, 0.29) is 5.95 Å². The number of fused-ring (bicyclic) bond motifs is 1. The summed E-state index contributed by atoms with van der Waals surface area (Å²) in [6, 6.07) is 7.62. The van der Waals surface area contributed by atoms with Gasteiger partial charge in [0.15, 0.2) is 5.65 Å². The standard InChI is InChI=1S/C13H14N6O2/c1-20-9-4-2-3-8(5-9)7-21-12-10-6-15-19-11(10)16-13(17-12)18-14/h2-6H,7,14H2,1H3,(H2,15,16,17,18,19). The predicted octanol–water partition coefficient (Wildman–Crippen LogP) is 1.23. The van der Waals surface area contributed by atoms with E-state index in [0.717, 1.165) is 11.3 Å². The number of ether oxygens (including phenoxy) is 2. The summed E-state index contributed by atoms with van der Waals surface area (Å²) >= 11 is 0. The molecule has 0 aliphatic carbocycles. The molecule has 0 saturated carbocycles. The Labute approximate surface area is 120 Å². The Morgan fingerprint density at radius 1 is 1.33 bits per heavy atom. The van der Waals surface area contributed by atoms with Crippen LogP contribution in [0.4, 0.5) is 5.95 Å². The molecule has 0 fully saturated rings. The smallest absolute Gasteiger partial charge is 0.242 e. The van der Waals surface area contributed by atoms with Crippen LogP contribution in [0.2, 0.25) is 0 Å². The van der Waals surface area contributed by atoms with Gasteiger partial charge in [-0.15, -0.1) is 0 Å². The number of rotatable bonds is 5. The molecule has 2 heterocycles. The molecule has 0 aliphatic heterocycles. The van der Waals surface area contributed by atoms with Gasteiger partial charge in [-0.3, -0.25) is 10.5 Å². The number of nitrogens with zero attached hydrogens (tertiary/aromatic N) is 3. The van der Waals surface area contributed by atoms with Crippen molar-refractivity contribution in [3.8, 4) is 11.6 Å². The Kier molecular flexibility index (Phi) is 3.52. The van der Waals surface area contributed by atoms with Gasteiger partial charge in [0.2, 0.25) is 11.8 Å². The lowest BCUT2D eigenvalue weighted by Crippen LogP contribution is -2.11. The van der Waals surface area contributed by atoms with Gasteiger partial charge in [-0.25, -0.2) is 5.84 Å². The molecule has 0 bridgehead atoms. The van der Waals surface area contributed by atoms with Crippen molar-refractivity contribution in [2.45, 2.75) is 6.61 Å². The van der Waals surface area contributed by atoms with Gasteiger partial charge in [-0.2, -0.15) is 15.1 Å². The molecule has 0 unspecified atom stereocenters. The molecule has 3 rings (SSSR count). The summed E-state index contributed by atoms with van der Waals surface area (Å²) < 4.78 is 10.9. The number of benzene rings is 1. The first-order valence-electron chi connectivity index (χ1n) is 6.23. The normalized spacial score (nSPS) is 10.6. The minimum atomic E-state index is 0.257. The Morgan fingerprint density at radius 2 is 2.24 bits per heavy atom. The van der Waals surface area contributed by atoms with E-state index in [4.69, 9.17) is 15.3 Å². The maximum Gasteiger partial charge on any atom is 0.242 e. The molecule has 0 radical (unpaired) electrons. The van der Waals surface area contributed by atoms with Gasteiger partial charge in [0.1, 0.15) is 17.7 Å². The highest BCUT2D eigenvalue weighted by atomic mass is 16.5. The summed E-state index contributed by atoms with van der Waals surface area (Å²) in [5, 5.41) is 7.37. The van der Waals surface area contributed by atoms with E-state index in [9.17, 15) is 0 Å². The number of nitrogens with two attached hydrogens (primary N) is 1. The van der Waals surface area contributed by atoms with E-state index in [0.29, 0.717) is 23.5 Å². The number of aromatic amines is 1. The lowest BCUT2D eigenvalue weighted by molar-refractivity contribution is 0.297. The van der Waals surface area contributed by atoms with Crippen molar-refractivity contribution in [2.75, 3.05) is 12.5 Å². The Bertz CT molecular complexity index is 757. The molecule has 1 aromatic carbocycles. The number of methoxy groups -OCH3 is 1. The Balaban J connectivity index is 1.85. The van der Waals surface area contributed by atoms with Crippen LogP contribution in [-0.4, -0.2) is 27.3 Å². The zero-order chi connectivity index (χ0) is 14.7. The first kappa shape index (κ1) is 13.1. The molecule has 8 nitrogen and oxygen atoms in total. The Hall–Kier alpha value is -2.87. The van der Waals surface area contributed by atoms with Gasteiger partial charge >= 0.3 is 0 Å².